The second-order valence-electron chi connectivity index (χ2n) is 2.60. The smallest absolute Gasteiger partial charge is 0.246 e. The molecule has 0 spiro atoms. The summed E-state index contributed by atoms with van der Waals surface area (Å²) in [5, 5.41) is 0. The van der Waals surface area contributed by atoms with Crippen molar-refractivity contribution in [2.45, 2.75) is 32.3 Å². The van der Waals surface area contributed by atoms with Crippen molar-refractivity contribution in [3.63, 3.8) is 0 Å². The minimum absolute atomic E-state index is 0.379. The lowest BCUT2D eigenvalue weighted by Gasteiger charge is -2.11. The zero-order chi connectivity index (χ0) is 9.40. The number of unbranched alkanes of at least 4 members (excludes halogenated alkanes) is 1. The molecule has 12 heavy (non-hydrogen) atoms. The molecule has 0 aliphatic heterocycles. The molecule has 0 aromatic heterocycles. The fourth-order valence-corrected chi connectivity index (χ4v) is 0.854. The van der Waals surface area contributed by atoms with E-state index in [0.29, 0.717) is 13.0 Å². The Morgan fingerprint density at radius 3 is 2.83 bits per heavy atom. The number of carbonyl (C=O) groups is 1. The predicted octanol–water partition coefficient (Wildman–Crippen LogP) is 1.23. The minimum Gasteiger partial charge on any atom is -0.368 e. The van der Waals surface area contributed by atoms with Crippen molar-refractivity contribution in [1.82, 2.24) is 0 Å². The summed E-state index contributed by atoms with van der Waals surface area (Å²) in [5.41, 5.74) is 5.08. The number of hydrogen-bond acceptors (Lipinski definition) is 2. The Balaban J connectivity index is 3.44. The molecule has 1 unspecified atom stereocenters. The van der Waals surface area contributed by atoms with Gasteiger partial charge in [-0.15, -0.1) is 6.58 Å². The molecule has 0 aromatic rings. The van der Waals surface area contributed by atoms with Crippen LogP contribution in [0, 0.1) is 0 Å². The van der Waals surface area contributed by atoms with E-state index in [-0.39, 0.29) is 5.91 Å². The van der Waals surface area contributed by atoms with E-state index in [1.807, 2.05) is 13.0 Å². The van der Waals surface area contributed by atoms with Crippen molar-refractivity contribution in [2.75, 3.05) is 6.61 Å². The maximum absolute atomic E-state index is 10.7. The molecule has 0 radical (unpaired) electrons. The van der Waals surface area contributed by atoms with Crippen LogP contribution in [0.5, 0.6) is 0 Å². The molecule has 3 heteroatoms. The molecule has 0 bridgehead atoms. The first-order valence-electron chi connectivity index (χ1n) is 4.24. The number of amides is 1. The van der Waals surface area contributed by atoms with Crippen molar-refractivity contribution in [2.24, 2.45) is 5.73 Å². The van der Waals surface area contributed by atoms with Gasteiger partial charge in [0.2, 0.25) is 5.91 Å². The highest BCUT2D eigenvalue weighted by Crippen LogP contribution is 1.99. The van der Waals surface area contributed by atoms with E-state index in [9.17, 15) is 4.79 Å². The largest absolute Gasteiger partial charge is 0.368 e. The van der Waals surface area contributed by atoms with Crippen LogP contribution in [0.15, 0.2) is 12.7 Å². The number of ether oxygens (including phenoxy) is 1. The summed E-state index contributed by atoms with van der Waals surface area (Å²) in [4.78, 5) is 10.7. The molecule has 3 nitrogen and oxygen atoms in total. The number of allylic oxidation sites excluding steroid dienone is 1. The lowest BCUT2D eigenvalue weighted by molar-refractivity contribution is -0.129. The van der Waals surface area contributed by atoms with Gasteiger partial charge in [-0.1, -0.05) is 13.0 Å². The van der Waals surface area contributed by atoms with Gasteiger partial charge in [0, 0.05) is 6.61 Å². The van der Waals surface area contributed by atoms with E-state index in [0.717, 1.165) is 12.8 Å². The first kappa shape index (κ1) is 11.2. The van der Waals surface area contributed by atoms with Gasteiger partial charge in [0.1, 0.15) is 6.10 Å². The van der Waals surface area contributed by atoms with E-state index < -0.39 is 6.10 Å². The summed E-state index contributed by atoms with van der Waals surface area (Å²) in [6, 6.07) is 0. The molecule has 0 saturated carbocycles. The second-order valence-corrected chi connectivity index (χ2v) is 2.60. The summed E-state index contributed by atoms with van der Waals surface area (Å²) >= 11 is 0. The van der Waals surface area contributed by atoms with Crippen LogP contribution in [0.4, 0.5) is 0 Å². The van der Waals surface area contributed by atoms with E-state index in [2.05, 4.69) is 6.58 Å². The molecular weight excluding hydrogens is 154 g/mol. The number of carbonyl (C=O) groups excluding carboxylic acids is 1. The summed E-state index contributed by atoms with van der Waals surface area (Å²) in [6.07, 6.45) is 3.86. The summed E-state index contributed by atoms with van der Waals surface area (Å²) in [5.74, 6) is -0.379. The zero-order valence-corrected chi connectivity index (χ0v) is 7.58. The van der Waals surface area contributed by atoms with Crippen LogP contribution in [0.2, 0.25) is 0 Å². The molecule has 2 N–H and O–H groups in total. The number of nitrogens with two attached hydrogens (primary N) is 1. The zero-order valence-electron chi connectivity index (χ0n) is 7.58. The number of hydrogen-bond donors (Lipinski definition) is 1. The van der Waals surface area contributed by atoms with Gasteiger partial charge in [-0.25, -0.2) is 0 Å². The third-order valence-corrected chi connectivity index (χ3v) is 1.56. The second kappa shape index (κ2) is 6.85. The Morgan fingerprint density at radius 1 is 1.75 bits per heavy atom. The van der Waals surface area contributed by atoms with Crippen molar-refractivity contribution < 1.29 is 9.53 Å². The molecule has 0 aliphatic rings. The molecule has 0 heterocycles. The fourth-order valence-electron chi connectivity index (χ4n) is 0.854. The molecule has 1 amide bonds. The van der Waals surface area contributed by atoms with Crippen molar-refractivity contribution in [3.8, 4) is 0 Å². The van der Waals surface area contributed by atoms with Gasteiger partial charge in [0.15, 0.2) is 0 Å². The van der Waals surface area contributed by atoms with Gasteiger partial charge >= 0.3 is 0 Å². The summed E-state index contributed by atoms with van der Waals surface area (Å²) < 4.78 is 5.23. The molecule has 0 saturated heterocycles. The molecule has 0 fully saturated rings. The Morgan fingerprint density at radius 2 is 2.42 bits per heavy atom. The number of rotatable bonds is 7. The lowest BCUT2D eigenvalue weighted by Crippen LogP contribution is -2.30. The molecular formula is C9H17NO2. The van der Waals surface area contributed by atoms with Crippen molar-refractivity contribution in [3.05, 3.63) is 12.7 Å². The quantitative estimate of drug-likeness (QED) is 0.462. The Labute approximate surface area is 73.6 Å². The predicted molar refractivity (Wildman–Crippen MR) is 48.7 cm³/mol. The Kier molecular flexibility index (Phi) is 6.38. The molecule has 70 valence electrons. The summed E-state index contributed by atoms with van der Waals surface area (Å²) in [7, 11) is 0. The maximum Gasteiger partial charge on any atom is 0.246 e. The van der Waals surface area contributed by atoms with Gasteiger partial charge < -0.3 is 10.5 Å². The Hall–Kier alpha value is -0.830. The standard InChI is InChI=1S/C9H17NO2/c1-3-5-6-7-12-8(4-2)9(10)11/h3,8H,1,4-7H2,2H3,(H2,10,11). The van der Waals surface area contributed by atoms with Gasteiger partial charge in [-0.2, -0.15) is 0 Å². The molecule has 1 atom stereocenters. The Bertz CT molecular complexity index is 145. The lowest BCUT2D eigenvalue weighted by atomic mass is 10.2. The van der Waals surface area contributed by atoms with E-state index in [1.54, 1.807) is 0 Å². The normalized spacial score (nSPS) is 12.4. The third-order valence-electron chi connectivity index (χ3n) is 1.56. The fraction of sp³-hybridized carbons (Fsp3) is 0.667. The van der Waals surface area contributed by atoms with Crippen LogP contribution in [0.1, 0.15) is 26.2 Å². The monoisotopic (exact) mass is 171 g/mol. The topological polar surface area (TPSA) is 52.3 Å². The molecule has 0 rings (SSSR count). The average molecular weight is 171 g/mol. The number of primary amides is 1. The van der Waals surface area contributed by atoms with E-state index >= 15 is 0 Å². The van der Waals surface area contributed by atoms with Crippen LogP contribution in [-0.2, 0) is 9.53 Å². The van der Waals surface area contributed by atoms with Crippen molar-refractivity contribution >= 4 is 5.91 Å². The highest BCUT2D eigenvalue weighted by atomic mass is 16.5. The highest BCUT2D eigenvalue weighted by Gasteiger charge is 2.11. The van der Waals surface area contributed by atoms with Gasteiger partial charge in [-0.3, -0.25) is 4.79 Å². The molecule has 0 aliphatic carbocycles. The van der Waals surface area contributed by atoms with E-state index in [4.69, 9.17) is 10.5 Å². The molecule has 0 aromatic carbocycles. The van der Waals surface area contributed by atoms with Crippen LogP contribution >= 0.6 is 0 Å². The highest BCUT2D eigenvalue weighted by molar-refractivity contribution is 5.78. The van der Waals surface area contributed by atoms with Gasteiger partial charge in [0.25, 0.3) is 0 Å². The van der Waals surface area contributed by atoms with Crippen LogP contribution in [0.25, 0.3) is 0 Å². The first-order chi connectivity index (χ1) is 5.72. The van der Waals surface area contributed by atoms with Crippen molar-refractivity contribution in [1.29, 1.82) is 0 Å². The maximum atomic E-state index is 10.7. The van der Waals surface area contributed by atoms with Gasteiger partial charge in [-0.05, 0) is 19.3 Å². The van der Waals surface area contributed by atoms with Crippen LogP contribution in [0.3, 0.4) is 0 Å². The first-order valence-corrected chi connectivity index (χ1v) is 4.24. The summed E-state index contributed by atoms with van der Waals surface area (Å²) in [6.45, 7) is 6.04. The van der Waals surface area contributed by atoms with E-state index in [1.165, 1.54) is 0 Å². The minimum atomic E-state index is -0.421. The average Bonchev–Trinajstić information content (AvgIpc) is 2.04. The van der Waals surface area contributed by atoms with Gasteiger partial charge in [0.05, 0.1) is 0 Å². The SMILES string of the molecule is C=CCCCOC(CC)C(N)=O. The van der Waals surface area contributed by atoms with Crippen LogP contribution < -0.4 is 5.73 Å². The third kappa shape index (κ3) is 4.91. The van der Waals surface area contributed by atoms with Crippen LogP contribution in [-0.4, -0.2) is 18.6 Å².